The van der Waals surface area contributed by atoms with Crippen LogP contribution in [-0.2, 0) is 0 Å². The van der Waals surface area contributed by atoms with Gasteiger partial charge in [0.05, 0.1) is 0 Å². The van der Waals surface area contributed by atoms with Crippen molar-refractivity contribution in [1.82, 2.24) is 15.9 Å². The van der Waals surface area contributed by atoms with E-state index in [1.807, 2.05) is 0 Å². The van der Waals surface area contributed by atoms with Crippen LogP contribution in [-0.4, -0.2) is 30.7 Å². The molecule has 1 aliphatic heterocycles. The summed E-state index contributed by atoms with van der Waals surface area (Å²) in [5.41, 5.74) is 5.52. The lowest BCUT2D eigenvalue weighted by molar-refractivity contribution is 0.245. The summed E-state index contributed by atoms with van der Waals surface area (Å²) in [7, 11) is 2.07. The second-order valence-corrected chi connectivity index (χ2v) is 3.02. The molecule has 0 spiro atoms. The second kappa shape index (κ2) is 3.64. The average Bonchev–Trinajstić information content (AvgIpc) is 2.39. The van der Waals surface area contributed by atoms with Crippen LogP contribution >= 0.6 is 0 Å². The lowest BCUT2D eigenvalue weighted by Gasteiger charge is -2.22. The molecule has 0 saturated heterocycles. The van der Waals surface area contributed by atoms with Gasteiger partial charge in [-0.3, -0.25) is 0 Å². The fourth-order valence-electron chi connectivity index (χ4n) is 0.797. The lowest BCUT2D eigenvalue weighted by atomic mass is 10.3. The molecular weight excluding hydrogens is 142 g/mol. The highest BCUT2D eigenvalue weighted by Gasteiger charge is 2.14. The monoisotopic (exact) mass is 157 g/mol. The molecule has 1 atom stereocenters. The third-order valence-corrected chi connectivity index (χ3v) is 1.82. The highest BCUT2D eigenvalue weighted by molar-refractivity contribution is 4.68. The van der Waals surface area contributed by atoms with Crippen molar-refractivity contribution >= 4 is 0 Å². The predicted molar refractivity (Wildman–Crippen MR) is 42.7 cm³/mol. The number of rotatable bonds is 3. The van der Waals surface area contributed by atoms with Gasteiger partial charge in [-0.2, -0.15) is 5.43 Å². The molecule has 5 heteroatoms. The van der Waals surface area contributed by atoms with Crippen molar-refractivity contribution < 1.29 is 0 Å². The van der Waals surface area contributed by atoms with Gasteiger partial charge in [0.25, 0.3) is 0 Å². The van der Waals surface area contributed by atoms with E-state index in [1.165, 1.54) is 0 Å². The molecule has 0 amide bonds. The van der Waals surface area contributed by atoms with E-state index in [9.17, 15) is 0 Å². The molecule has 0 bridgehead atoms. The van der Waals surface area contributed by atoms with Crippen LogP contribution in [0.2, 0.25) is 0 Å². The van der Waals surface area contributed by atoms with Gasteiger partial charge >= 0.3 is 0 Å². The van der Waals surface area contributed by atoms with Gasteiger partial charge in [-0.05, 0) is 20.9 Å². The maximum atomic E-state index is 3.92. The van der Waals surface area contributed by atoms with Gasteiger partial charge in [-0.1, -0.05) is 5.22 Å². The molecule has 64 valence electrons. The van der Waals surface area contributed by atoms with Gasteiger partial charge in [0.15, 0.2) is 6.17 Å². The van der Waals surface area contributed by atoms with Crippen LogP contribution in [0.1, 0.15) is 13.8 Å². The molecule has 0 aromatic rings. The normalized spacial score (nSPS) is 23.2. The SMILES string of the molecule is CC(C)N(C)CC1N=NNN1. The van der Waals surface area contributed by atoms with E-state index in [4.69, 9.17) is 0 Å². The highest BCUT2D eigenvalue weighted by Crippen LogP contribution is 1.98. The summed E-state index contributed by atoms with van der Waals surface area (Å²) in [5, 5.41) is 7.53. The number of hydrogen-bond acceptors (Lipinski definition) is 5. The Kier molecular flexibility index (Phi) is 2.78. The Hall–Kier alpha value is -0.680. The molecule has 5 nitrogen and oxygen atoms in total. The van der Waals surface area contributed by atoms with Crippen molar-refractivity contribution in [2.75, 3.05) is 13.6 Å². The van der Waals surface area contributed by atoms with Crippen LogP contribution in [0.4, 0.5) is 0 Å². The molecule has 0 fully saturated rings. The van der Waals surface area contributed by atoms with Gasteiger partial charge < -0.3 is 4.90 Å². The van der Waals surface area contributed by atoms with Crippen molar-refractivity contribution in [2.45, 2.75) is 26.1 Å². The minimum atomic E-state index is 0.0994. The Balaban J connectivity index is 2.24. The summed E-state index contributed by atoms with van der Waals surface area (Å²) in [6, 6.07) is 0.549. The van der Waals surface area contributed by atoms with E-state index in [0.717, 1.165) is 6.54 Å². The third-order valence-electron chi connectivity index (χ3n) is 1.82. The molecule has 1 heterocycles. The summed E-state index contributed by atoms with van der Waals surface area (Å²) >= 11 is 0. The fraction of sp³-hybridized carbons (Fsp3) is 1.00. The zero-order chi connectivity index (χ0) is 8.27. The van der Waals surface area contributed by atoms with Gasteiger partial charge in [-0.15, -0.1) is 5.11 Å². The molecule has 2 N–H and O–H groups in total. The molecule has 0 saturated carbocycles. The molecule has 0 aromatic carbocycles. The van der Waals surface area contributed by atoms with Crippen LogP contribution in [0, 0.1) is 0 Å². The Morgan fingerprint density at radius 2 is 2.27 bits per heavy atom. The number of nitrogens with zero attached hydrogens (tertiary/aromatic N) is 3. The van der Waals surface area contributed by atoms with E-state index in [1.54, 1.807) is 0 Å². The first-order valence-corrected chi connectivity index (χ1v) is 3.81. The number of hydrogen-bond donors (Lipinski definition) is 2. The van der Waals surface area contributed by atoms with Crippen LogP contribution in [0.3, 0.4) is 0 Å². The van der Waals surface area contributed by atoms with Crippen LogP contribution < -0.4 is 11.0 Å². The van der Waals surface area contributed by atoms with Crippen LogP contribution in [0.25, 0.3) is 0 Å². The zero-order valence-electron chi connectivity index (χ0n) is 7.20. The van der Waals surface area contributed by atoms with Gasteiger partial charge in [-0.25, -0.2) is 5.53 Å². The van der Waals surface area contributed by atoms with E-state index in [0.29, 0.717) is 6.04 Å². The quantitative estimate of drug-likeness (QED) is 0.612. The summed E-state index contributed by atoms with van der Waals surface area (Å²) in [5.74, 6) is 0. The Bertz CT molecular complexity index is 144. The lowest BCUT2D eigenvalue weighted by Crippen LogP contribution is -2.41. The minimum absolute atomic E-state index is 0.0994. The average molecular weight is 157 g/mol. The molecule has 0 aromatic heterocycles. The molecule has 0 aliphatic carbocycles. The third kappa shape index (κ3) is 2.44. The predicted octanol–water partition coefficient (Wildman–Crippen LogP) is 0.128. The molecular formula is C6H15N5. The topological polar surface area (TPSA) is 52.0 Å². The standard InChI is InChI=1S/C6H15N5/c1-5(2)11(3)4-6-7-9-10-8-6/h5-6H,4H2,1-3H3,(H,7,10)(H,8,9). The van der Waals surface area contributed by atoms with Crippen molar-refractivity contribution in [2.24, 2.45) is 10.3 Å². The number of hydrazine groups is 1. The molecule has 1 rings (SSSR count). The summed E-state index contributed by atoms with van der Waals surface area (Å²) in [6.45, 7) is 5.19. The van der Waals surface area contributed by atoms with Gasteiger partial charge in [0.2, 0.25) is 0 Å². The van der Waals surface area contributed by atoms with Gasteiger partial charge in [0, 0.05) is 12.6 Å². The smallest absolute Gasteiger partial charge is 0.153 e. The minimum Gasteiger partial charge on any atom is -0.300 e. The second-order valence-electron chi connectivity index (χ2n) is 3.02. The van der Waals surface area contributed by atoms with Crippen molar-refractivity contribution in [3.05, 3.63) is 0 Å². The van der Waals surface area contributed by atoms with E-state index < -0.39 is 0 Å². The zero-order valence-corrected chi connectivity index (χ0v) is 7.20. The van der Waals surface area contributed by atoms with Crippen molar-refractivity contribution in [3.63, 3.8) is 0 Å². The first-order chi connectivity index (χ1) is 5.20. The van der Waals surface area contributed by atoms with E-state index in [-0.39, 0.29) is 6.17 Å². The largest absolute Gasteiger partial charge is 0.300 e. The highest BCUT2D eigenvalue weighted by atomic mass is 15.7. The van der Waals surface area contributed by atoms with E-state index >= 15 is 0 Å². The number of nitrogens with one attached hydrogen (secondary N) is 2. The maximum absolute atomic E-state index is 3.92. The Labute approximate surface area is 66.8 Å². The molecule has 11 heavy (non-hydrogen) atoms. The molecule has 1 unspecified atom stereocenters. The van der Waals surface area contributed by atoms with Crippen LogP contribution in [0.15, 0.2) is 10.3 Å². The molecule has 0 radical (unpaired) electrons. The van der Waals surface area contributed by atoms with Gasteiger partial charge in [0.1, 0.15) is 0 Å². The fourth-order valence-corrected chi connectivity index (χ4v) is 0.797. The summed E-state index contributed by atoms with van der Waals surface area (Å²) in [4.78, 5) is 2.21. The van der Waals surface area contributed by atoms with Crippen molar-refractivity contribution in [1.29, 1.82) is 0 Å². The first-order valence-electron chi connectivity index (χ1n) is 3.81. The maximum Gasteiger partial charge on any atom is 0.153 e. The molecule has 1 aliphatic rings. The Morgan fingerprint density at radius 1 is 1.55 bits per heavy atom. The first kappa shape index (κ1) is 8.42. The Morgan fingerprint density at radius 3 is 2.73 bits per heavy atom. The summed E-state index contributed by atoms with van der Waals surface area (Å²) < 4.78 is 0. The summed E-state index contributed by atoms with van der Waals surface area (Å²) in [6.07, 6.45) is 0.0994. The van der Waals surface area contributed by atoms with Crippen LogP contribution in [0.5, 0.6) is 0 Å². The van der Waals surface area contributed by atoms with E-state index in [2.05, 4.69) is 47.1 Å². The number of likely N-dealkylation sites (N-methyl/N-ethyl adjacent to an activating group) is 1. The van der Waals surface area contributed by atoms with Crippen molar-refractivity contribution in [3.8, 4) is 0 Å².